The van der Waals surface area contributed by atoms with Gasteiger partial charge in [0.05, 0.1) is 21.3 Å². The molecule has 0 aromatic heterocycles. The Bertz CT molecular complexity index is 578. The highest BCUT2D eigenvalue weighted by Gasteiger charge is 2.14. The van der Waals surface area contributed by atoms with Crippen LogP contribution in [0.5, 0.6) is 17.2 Å². The van der Waals surface area contributed by atoms with Gasteiger partial charge in [-0.2, -0.15) is 0 Å². The summed E-state index contributed by atoms with van der Waals surface area (Å²) in [5, 5.41) is 0. The molecular formula is C17H18O3. The number of hydrogen-bond donors (Lipinski definition) is 0. The fourth-order valence-corrected chi connectivity index (χ4v) is 2.06. The average Bonchev–Trinajstić information content (AvgIpc) is 2.53. The lowest BCUT2D eigenvalue weighted by atomic mass is 9.99. The fourth-order valence-electron chi connectivity index (χ4n) is 2.06. The normalized spacial score (nSPS) is 9.95. The van der Waals surface area contributed by atoms with Gasteiger partial charge in [-0.1, -0.05) is 36.9 Å². The zero-order valence-electron chi connectivity index (χ0n) is 12.0. The third kappa shape index (κ3) is 2.62. The summed E-state index contributed by atoms with van der Waals surface area (Å²) in [4.78, 5) is 0. The van der Waals surface area contributed by atoms with Crippen LogP contribution in [0.3, 0.4) is 0 Å². The van der Waals surface area contributed by atoms with Crippen LogP contribution in [0.4, 0.5) is 0 Å². The first kappa shape index (κ1) is 14.0. The van der Waals surface area contributed by atoms with Crippen molar-refractivity contribution in [1.82, 2.24) is 0 Å². The van der Waals surface area contributed by atoms with Crippen molar-refractivity contribution in [1.29, 1.82) is 0 Å². The average molecular weight is 270 g/mol. The Morgan fingerprint density at radius 1 is 0.800 bits per heavy atom. The van der Waals surface area contributed by atoms with Crippen LogP contribution >= 0.6 is 0 Å². The van der Waals surface area contributed by atoms with Gasteiger partial charge in [0.1, 0.15) is 0 Å². The molecule has 3 nitrogen and oxygen atoms in total. The number of methoxy groups -OCH3 is 3. The van der Waals surface area contributed by atoms with Gasteiger partial charge in [-0.15, -0.1) is 0 Å². The van der Waals surface area contributed by atoms with Gasteiger partial charge in [-0.05, 0) is 28.8 Å². The zero-order valence-corrected chi connectivity index (χ0v) is 12.0. The van der Waals surface area contributed by atoms with Crippen molar-refractivity contribution in [2.45, 2.75) is 0 Å². The largest absolute Gasteiger partial charge is 0.493 e. The van der Waals surface area contributed by atoms with Crippen molar-refractivity contribution in [2.24, 2.45) is 0 Å². The van der Waals surface area contributed by atoms with Crippen LogP contribution in [-0.2, 0) is 0 Å². The van der Waals surface area contributed by atoms with Crippen molar-refractivity contribution in [3.63, 3.8) is 0 Å². The summed E-state index contributed by atoms with van der Waals surface area (Å²) in [5.41, 5.74) is 2.90. The molecule has 2 aromatic carbocycles. The predicted molar refractivity (Wildman–Crippen MR) is 80.7 cm³/mol. The molecule has 0 saturated heterocycles. The molecular weight excluding hydrogens is 252 g/mol. The van der Waals surface area contributed by atoms with Crippen LogP contribution in [0.25, 0.3) is 5.57 Å². The second-order valence-corrected chi connectivity index (χ2v) is 4.26. The van der Waals surface area contributed by atoms with Gasteiger partial charge >= 0.3 is 0 Å². The first-order valence-electron chi connectivity index (χ1n) is 6.26. The number of ether oxygens (including phenoxy) is 3. The molecule has 0 atom stereocenters. The maximum atomic E-state index is 5.36. The summed E-state index contributed by atoms with van der Waals surface area (Å²) in [6.45, 7) is 4.15. The van der Waals surface area contributed by atoms with Crippen LogP contribution in [0.1, 0.15) is 11.1 Å². The third-order valence-corrected chi connectivity index (χ3v) is 3.14. The van der Waals surface area contributed by atoms with Gasteiger partial charge in [0.25, 0.3) is 0 Å². The molecule has 0 heterocycles. The summed E-state index contributed by atoms with van der Waals surface area (Å²) in [6.07, 6.45) is 0. The van der Waals surface area contributed by atoms with E-state index < -0.39 is 0 Å². The highest BCUT2D eigenvalue weighted by Crippen LogP contribution is 2.40. The quantitative estimate of drug-likeness (QED) is 0.827. The minimum atomic E-state index is 0.583. The van der Waals surface area contributed by atoms with Crippen molar-refractivity contribution < 1.29 is 14.2 Å². The molecule has 2 rings (SSSR count). The Morgan fingerprint density at radius 3 is 1.80 bits per heavy atom. The molecule has 0 bridgehead atoms. The van der Waals surface area contributed by atoms with Crippen LogP contribution in [0.15, 0.2) is 49.0 Å². The Hall–Kier alpha value is -2.42. The minimum absolute atomic E-state index is 0.583. The molecule has 0 radical (unpaired) electrons. The second kappa shape index (κ2) is 6.15. The molecule has 0 aliphatic heterocycles. The van der Waals surface area contributed by atoms with E-state index in [1.165, 1.54) is 0 Å². The van der Waals surface area contributed by atoms with Crippen molar-refractivity contribution in [3.8, 4) is 17.2 Å². The predicted octanol–water partition coefficient (Wildman–Crippen LogP) is 3.77. The third-order valence-electron chi connectivity index (χ3n) is 3.14. The highest BCUT2D eigenvalue weighted by atomic mass is 16.5. The fraction of sp³-hybridized carbons (Fsp3) is 0.176. The van der Waals surface area contributed by atoms with Gasteiger partial charge in [-0.3, -0.25) is 0 Å². The first-order chi connectivity index (χ1) is 9.71. The molecule has 0 fully saturated rings. The smallest absolute Gasteiger partial charge is 0.203 e. The van der Waals surface area contributed by atoms with Gasteiger partial charge in [0.15, 0.2) is 11.5 Å². The molecule has 20 heavy (non-hydrogen) atoms. The van der Waals surface area contributed by atoms with Crippen LogP contribution in [0.2, 0.25) is 0 Å². The maximum Gasteiger partial charge on any atom is 0.203 e. The van der Waals surface area contributed by atoms with Crippen molar-refractivity contribution in [2.75, 3.05) is 21.3 Å². The Labute approximate surface area is 119 Å². The highest BCUT2D eigenvalue weighted by molar-refractivity contribution is 5.80. The summed E-state index contributed by atoms with van der Waals surface area (Å²) < 4.78 is 16.0. The van der Waals surface area contributed by atoms with E-state index >= 15 is 0 Å². The minimum Gasteiger partial charge on any atom is -0.493 e. The molecule has 0 spiro atoms. The number of benzene rings is 2. The SMILES string of the molecule is C=C(c1ccccc1)c1cc(OC)c(OC)c(OC)c1. The molecule has 3 heteroatoms. The number of rotatable bonds is 5. The van der Waals surface area contributed by atoms with E-state index in [9.17, 15) is 0 Å². The van der Waals surface area contributed by atoms with E-state index in [1.807, 2.05) is 42.5 Å². The lowest BCUT2D eigenvalue weighted by Gasteiger charge is -2.15. The summed E-state index contributed by atoms with van der Waals surface area (Å²) in [7, 11) is 4.80. The topological polar surface area (TPSA) is 27.7 Å². The Kier molecular flexibility index (Phi) is 4.31. The second-order valence-electron chi connectivity index (χ2n) is 4.26. The molecule has 0 saturated carbocycles. The van der Waals surface area contributed by atoms with Gasteiger partial charge in [-0.25, -0.2) is 0 Å². The van der Waals surface area contributed by atoms with E-state index in [2.05, 4.69) is 6.58 Å². The van der Waals surface area contributed by atoms with Crippen LogP contribution in [-0.4, -0.2) is 21.3 Å². The molecule has 0 unspecified atom stereocenters. The van der Waals surface area contributed by atoms with E-state index in [-0.39, 0.29) is 0 Å². The Balaban J connectivity index is 2.50. The summed E-state index contributed by atoms with van der Waals surface area (Å²) >= 11 is 0. The van der Waals surface area contributed by atoms with Gasteiger partial charge < -0.3 is 14.2 Å². The molecule has 104 valence electrons. The summed E-state index contributed by atoms with van der Waals surface area (Å²) in [6, 6.07) is 13.8. The van der Waals surface area contributed by atoms with Gasteiger partial charge in [0.2, 0.25) is 5.75 Å². The maximum absolute atomic E-state index is 5.36. The number of hydrogen-bond acceptors (Lipinski definition) is 3. The van der Waals surface area contributed by atoms with E-state index in [0.29, 0.717) is 17.2 Å². The van der Waals surface area contributed by atoms with Crippen molar-refractivity contribution >= 4 is 5.57 Å². The Morgan fingerprint density at radius 2 is 1.35 bits per heavy atom. The summed E-state index contributed by atoms with van der Waals surface area (Å²) in [5.74, 6) is 1.83. The zero-order chi connectivity index (χ0) is 14.5. The molecule has 0 amide bonds. The van der Waals surface area contributed by atoms with E-state index in [1.54, 1.807) is 21.3 Å². The van der Waals surface area contributed by atoms with Crippen LogP contribution < -0.4 is 14.2 Å². The lowest BCUT2D eigenvalue weighted by molar-refractivity contribution is 0.324. The lowest BCUT2D eigenvalue weighted by Crippen LogP contribution is -1.97. The van der Waals surface area contributed by atoms with E-state index in [4.69, 9.17) is 14.2 Å². The molecule has 0 aliphatic rings. The van der Waals surface area contributed by atoms with Crippen molar-refractivity contribution in [3.05, 3.63) is 60.2 Å². The van der Waals surface area contributed by atoms with E-state index in [0.717, 1.165) is 16.7 Å². The monoisotopic (exact) mass is 270 g/mol. The molecule has 0 aliphatic carbocycles. The van der Waals surface area contributed by atoms with Crippen LogP contribution in [0, 0.1) is 0 Å². The molecule has 0 N–H and O–H groups in total. The molecule has 2 aromatic rings. The van der Waals surface area contributed by atoms with Gasteiger partial charge in [0, 0.05) is 0 Å². The first-order valence-corrected chi connectivity index (χ1v) is 6.26. The standard InChI is InChI=1S/C17H18O3/c1-12(13-8-6-5-7-9-13)14-10-15(18-2)17(20-4)16(11-14)19-3/h5-11H,1H2,2-4H3.